The molecule has 0 aromatic carbocycles. The van der Waals surface area contributed by atoms with Gasteiger partial charge in [-0.1, -0.05) is 6.07 Å². The number of halogens is 2. The number of hydrogen-bond acceptors (Lipinski definition) is 5. The van der Waals surface area contributed by atoms with Crippen LogP contribution in [0, 0.1) is 5.92 Å². The zero-order valence-corrected chi connectivity index (χ0v) is 16.6. The van der Waals surface area contributed by atoms with Crippen molar-refractivity contribution in [3.8, 4) is 10.7 Å². The van der Waals surface area contributed by atoms with E-state index in [4.69, 9.17) is 5.73 Å². The minimum Gasteiger partial charge on any atom is -0.342 e. The second-order valence-electron chi connectivity index (χ2n) is 6.14. The number of nitrogens with two attached hydrogens (primary N) is 1. The van der Waals surface area contributed by atoms with Crippen molar-refractivity contribution in [2.45, 2.75) is 32.2 Å². The van der Waals surface area contributed by atoms with Gasteiger partial charge in [0.05, 0.1) is 17.8 Å². The minimum atomic E-state index is 0. The smallest absolute Gasteiger partial charge is 0.228 e. The Morgan fingerprint density at radius 3 is 2.92 bits per heavy atom. The summed E-state index contributed by atoms with van der Waals surface area (Å²) in [7, 11) is 0. The Morgan fingerprint density at radius 1 is 1.44 bits per heavy atom. The molecule has 1 aliphatic heterocycles. The number of likely N-dealkylation sites (tertiary alicyclic amines) is 1. The molecule has 2 N–H and O–H groups in total. The Hall–Kier alpha value is -1.21. The summed E-state index contributed by atoms with van der Waals surface area (Å²) in [5.74, 6) is 0.556. The third kappa shape index (κ3) is 5.64. The lowest BCUT2D eigenvalue weighted by molar-refractivity contribution is -0.132. The predicted molar refractivity (Wildman–Crippen MR) is 106 cm³/mol. The molecule has 1 fully saturated rings. The fourth-order valence-electron chi connectivity index (χ4n) is 2.93. The number of carbonyl (C=O) groups excluding carboxylic acids is 1. The lowest BCUT2D eigenvalue weighted by Crippen LogP contribution is -2.45. The summed E-state index contributed by atoms with van der Waals surface area (Å²) in [5, 5.41) is 2.81. The molecular weight excluding hydrogens is 379 g/mol. The minimum absolute atomic E-state index is 0. The first-order valence-electron chi connectivity index (χ1n) is 8.02. The third-order valence-electron chi connectivity index (χ3n) is 4.32. The van der Waals surface area contributed by atoms with Gasteiger partial charge in [0.25, 0.3) is 0 Å². The van der Waals surface area contributed by atoms with Crippen LogP contribution in [0.15, 0.2) is 29.8 Å². The predicted octanol–water partition coefficient (Wildman–Crippen LogP) is 3.18. The van der Waals surface area contributed by atoms with E-state index < -0.39 is 0 Å². The van der Waals surface area contributed by atoms with Crippen LogP contribution < -0.4 is 5.73 Å². The molecule has 0 radical (unpaired) electrons. The molecule has 1 saturated heterocycles. The van der Waals surface area contributed by atoms with Crippen LogP contribution in [0.25, 0.3) is 10.7 Å². The van der Waals surface area contributed by atoms with Crippen molar-refractivity contribution in [2.75, 3.05) is 13.1 Å². The van der Waals surface area contributed by atoms with Gasteiger partial charge in [0.15, 0.2) is 0 Å². The van der Waals surface area contributed by atoms with Crippen LogP contribution in [0.1, 0.15) is 25.5 Å². The molecule has 2 atom stereocenters. The highest BCUT2D eigenvalue weighted by Crippen LogP contribution is 2.23. The van der Waals surface area contributed by atoms with Gasteiger partial charge in [-0.25, -0.2) is 4.98 Å². The standard InChI is InChI=1S/C17H22N4OS.2ClH/c1-12(18)13-5-4-8-21(10-13)16(22)9-14-11-23-17(20-14)15-6-2-3-7-19-15;;/h2-3,6-7,11-13H,4-5,8-10,18H2,1H3;2*1H. The van der Waals surface area contributed by atoms with E-state index in [-0.39, 0.29) is 36.8 Å². The quantitative estimate of drug-likeness (QED) is 0.851. The zero-order chi connectivity index (χ0) is 16.2. The number of nitrogens with zero attached hydrogens (tertiary/aromatic N) is 3. The Kier molecular flexibility index (Phi) is 8.79. The van der Waals surface area contributed by atoms with Crippen LogP contribution in [0.3, 0.4) is 0 Å². The van der Waals surface area contributed by atoms with Gasteiger partial charge in [0.1, 0.15) is 5.01 Å². The van der Waals surface area contributed by atoms with Crippen LogP contribution in [0.5, 0.6) is 0 Å². The lowest BCUT2D eigenvalue weighted by atomic mass is 9.92. The van der Waals surface area contributed by atoms with Crippen LogP contribution in [-0.4, -0.2) is 39.9 Å². The second kappa shape index (κ2) is 10.1. The van der Waals surface area contributed by atoms with E-state index in [1.165, 1.54) is 11.3 Å². The number of hydrogen-bond donors (Lipinski definition) is 1. The molecule has 25 heavy (non-hydrogen) atoms. The highest BCUT2D eigenvalue weighted by molar-refractivity contribution is 7.13. The number of piperidine rings is 1. The second-order valence-corrected chi connectivity index (χ2v) is 7.00. The molecule has 0 aliphatic carbocycles. The summed E-state index contributed by atoms with van der Waals surface area (Å²) in [6, 6.07) is 5.89. The first kappa shape index (κ1) is 21.8. The van der Waals surface area contributed by atoms with Crippen molar-refractivity contribution in [1.82, 2.24) is 14.9 Å². The van der Waals surface area contributed by atoms with Crippen molar-refractivity contribution >= 4 is 42.1 Å². The molecule has 3 heterocycles. The summed E-state index contributed by atoms with van der Waals surface area (Å²) < 4.78 is 0. The molecule has 0 spiro atoms. The molecule has 138 valence electrons. The van der Waals surface area contributed by atoms with Gasteiger partial charge in [-0.15, -0.1) is 36.2 Å². The Labute approximate surface area is 164 Å². The number of rotatable bonds is 4. The van der Waals surface area contributed by atoms with Crippen molar-refractivity contribution in [3.05, 3.63) is 35.5 Å². The van der Waals surface area contributed by atoms with E-state index in [1.54, 1.807) is 6.20 Å². The van der Waals surface area contributed by atoms with Gasteiger partial charge in [0, 0.05) is 30.7 Å². The SMILES string of the molecule is CC(N)C1CCCN(C(=O)Cc2csc(-c3ccccn3)n2)C1.Cl.Cl. The largest absolute Gasteiger partial charge is 0.342 e. The van der Waals surface area contributed by atoms with Crippen molar-refractivity contribution in [2.24, 2.45) is 11.7 Å². The monoisotopic (exact) mass is 402 g/mol. The molecule has 2 unspecified atom stereocenters. The lowest BCUT2D eigenvalue weighted by Gasteiger charge is -2.34. The highest BCUT2D eigenvalue weighted by Gasteiger charge is 2.26. The van der Waals surface area contributed by atoms with Gasteiger partial charge in [-0.05, 0) is 37.8 Å². The summed E-state index contributed by atoms with van der Waals surface area (Å²) in [6.07, 6.45) is 4.26. The van der Waals surface area contributed by atoms with Crippen molar-refractivity contribution in [1.29, 1.82) is 0 Å². The molecule has 3 rings (SSSR count). The maximum Gasteiger partial charge on any atom is 0.228 e. The van der Waals surface area contributed by atoms with Gasteiger partial charge < -0.3 is 10.6 Å². The van der Waals surface area contributed by atoms with E-state index in [9.17, 15) is 4.79 Å². The maximum absolute atomic E-state index is 12.5. The van der Waals surface area contributed by atoms with Crippen LogP contribution in [0.2, 0.25) is 0 Å². The maximum atomic E-state index is 12.5. The van der Waals surface area contributed by atoms with E-state index in [1.807, 2.05) is 35.4 Å². The van der Waals surface area contributed by atoms with Crippen LogP contribution in [0.4, 0.5) is 0 Å². The van der Waals surface area contributed by atoms with Gasteiger partial charge in [-0.3, -0.25) is 9.78 Å². The summed E-state index contributed by atoms with van der Waals surface area (Å²) in [6.45, 7) is 3.63. The summed E-state index contributed by atoms with van der Waals surface area (Å²) >= 11 is 1.53. The molecule has 2 aromatic rings. The third-order valence-corrected chi connectivity index (χ3v) is 5.24. The average molecular weight is 403 g/mol. The van der Waals surface area contributed by atoms with Crippen LogP contribution >= 0.6 is 36.2 Å². The molecule has 0 saturated carbocycles. The molecule has 8 heteroatoms. The fourth-order valence-corrected chi connectivity index (χ4v) is 3.72. The molecule has 2 aromatic heterocycles. The van der Waals surface area contributed by atoms with E-state index >= 15 is 0 Å². The van der Waals surface area contributed by atoms with Gasteiger partial charge >= 0.3 is 0 Å². The number of amides is 1. The number of aromatic nitrogens is 2. The first-order chi connectivity index (χ1) is 11.1. The van der Waals surface area contributed by atoms with E-state index in [0.717, 1.165) is 42.3 Å². The Morgan fingerprint density at radius 2 is 2.24 bits per heavy atom. The summed E-state index contributed by atoms with van der Waals surface area (Å²) in [4.78, 5) is 23.3. The first-order valence-corrected chi connectivity index (χ1v) is 8.90. The topological polar surface area (TPSA) is 72.1 Å². The Balaban J connectivity index is 0.00000156. The van der Waals surface area contributed by atoms with Crippen molar-refractivity contribution < 1.29 is 4.79 Å². The van der Waals surface area contributed by atoms with Gasteiger partial charge in [0.2, 0.25) is 5.91 Å². The molecular formula is C17H24Cl2N4OS. The van der Waals surface area contributed by atoms with Crippen LogP contribution in [-0.2, 0) is 11.2 Å². The Bertz CT molecular complexity index is 666. The molecule has 5 nitrogen and oxygen atoms in total. The highest BCUT2D eigenvalue weighted by atomic mass is 35.5. The van der Waals surface area contributed by atoms with Gasteiger partial charge in [-0.2, -0.15) is 0 Å². The molecule has 1 amide bonds. The van der Waals surface area contributed by atoms with E-state index in [0.29, 0.717) is 12.3 Å². The normalized spacial score (nSPS) is 18.0. The average Bonchev–Trinajstić information content (AvgIpc) is 3.04. The zero-order valence-electron chi connectivity index (χ0n) is 14.1. The fraction of sp³-hybridized carbons (Fsp3) is 0.471. The molecule has 1 aliphatic rings. The van der Waals surface area contributed by atoms with E-state index in [2.05, 4.69) is 9.97 Å². The number of pyridine rings is 1. The molecule has 0 bridgehead atoms. The number of carbonyl (C=O) groups is 1. The number of thiazole rings is 1. The summed E-state index contributed by atoms with van der Waals surface area (Å²) in [5.41, 5.74) is 7.67. The van der Waals surface area contributed by atoms with Crippen molar-refractivity contribution in [3.63, 3.8) is 0 Å².